The molecule has 0 fully saturated rings. The molecule has 134 valence electrons. The fraction of sp³-hybridized carbons (Fsp3) is 0.318. The molecular formula is C22H22O4. The largest absolute Gasteiger partial charge is 0.453 e. The molecular weight excluding hydrogens is 328 g/mol. The molecule has 0 bridgehead atoms. The second-order valence-electron chi connectivity index (χ2n) is 7.82. The Hall–Kier alpha value is -2.59. The standard InChI is InChI=1S/C22H22O4/c1-13-19-16(23)11-22(2,3)12-18(19)25-20(13)21(24)26-17-10-6-8-14-7-4-5-9-15(14)17/h4-10,16,23H,11-12H2,1-3H3. The molecule has 4 nitrogen and oxygen atoms in total. The number of carbonyl (C=O) groups is 1. The Morgan fingerprint density at radius 3 is 2.73 bits per heavy atom. The van der Waals surface area contributed by atoms with Gasteiger partial charge < -0.3 is 14.3 Å². The summed E-state index contributed by atoms with van der Waals surface area (Å²) in [6, 6.07) is 13.4. The first-order valence-electron chi connectivity index (χ1n) is 8.86. The molecule has 1 aromatic heterocycles. The minimum atomic E-state index is -0.614. The van der Waals surface area contributed by atoms with Crippen LogP contribution in [0.5, 0.6) is 5.75 Å². The second kappa shape index (κ2) is 5.99. The summed E-state index contributed by atoms with van der Waals surface area (Å²) < 4.78 is 11.5. The molecule has 0 aliphatic heterocycles. The van der Waals surface area contributed by atoms with Crippen LogP contribution in [0.25, 0.3) is 10.8 Å². The molecule has 26 heavy (non-hydrogen) atoms. The number of hydrogen-bond acceptors (Lipinski definition) is 4. The molecule has 1 atom stereocenters. The van der Waals surface area contributed by atoms with Gasteiger partial charge in [-0.3, -0.25) is 0 Å². The van der Waals surface area contributed by atoms with Crippen LogP contribution in [0, 0.1) is 12.3 Å². The molecule has 0 saturated carbocycles. The Morgan fingerprint density at radius 1 is 1.19 bits per heavy atom. The van der Waals surface area contributed by atoms with E-state index in [4.69, 9.17) is 9.15 Å². The van der Waals surface area contributed by atoms with Crippen molar-refractivity contribution in [2.45, 2.75) is 39.7 Å². The lowest BCUT2D eigenvalue weighted by Gasteiger charge is -2.31. The van der Waals surface area contributed by atoms with Gasteiger partial charge >= 0.3 is 5.97 Å². The van der Waals surface area contributed by atoms with Crippen molar-refractivity contribution in [2.24, 2.45) is 5.41 Å². The Balaban J connectivity index is 1.69. The summed E-state index contributed by atoms with van der Waals surface area (Å²) in [7, 11) is 0. The average molecular weight is 350 g/mol. The first-order chi connectivity index (χ1) is 12.4. The van der Waals surface area contributed by atoms with Crippen LogP contribution in [0.15, 0.2) is 46.9 Å². The minimum Gasteiger partial charge on any atom is -0.453 e. The molecule has 1 unspecified atom stereocenters. The highest BCUT2D eigenvalue weighted by atomic mass is 16.5. The van der Waals surface area contributed by atoms with E-state index < -0.39 is 12.1 Å². The van der Waals surface area contributed by atoms with E-state index in [0.717, 1.165) is 16.3 Å². The van der Waals surface area contributed by atoms with Gasteiger partial charge in [-0.25, -0.2) is 4.79 Å². The zero-order valence-corrected chi connectivity index (χ0v) is 15.2. The highest BCUT2D eigenvalue weighted by Crippen LogP contribution is 2.44. The minimum absolute atomic E-state index is 0.0620. The van der Waals surface area contributed by atoms with Gasteiger partial charge in [-0.05, 0) is 30.2 Å². The molecule has 0 saturated heterocycles. The van der Waals surface area contributed by atoms with E-state index in [2.05, 4.69) is 13.8 Å². The third-order valence-corrected chi connectivity index (χ3v) is 5.13. The van der Waals surface area contributed by atoms with Crippen LogP contribution in [0.2, 0.25) is 0 Å². The molecule has 0 amide bonds. The van der Waals surface area contributed by atoms with E-state index in [-0.39, 0.29) is 11.2 Å². The molecule has 0 spiro atoms. The third kappa shape index (κ3) is 2.80. The van der Waals surface area contributed by atoms with E-state index in [1.54, 1.807) is 6.07 Å². The van der Waals surface area contributed by atoms with Crippen molar-refractivity contribution in [3.05, 3.63) is 65.1 Å². The maximum atomic E-state index is 12.8. The Labute approximate surface area is 152 Å². The average Bonchev–Trinajstić information content (AvgIpc) is 2.90. The highest BCUT2D eigenvalue weighted by molar-refractivity contribution is 5.95. The highest BCUT2D eigenvalue weighted by Gasteiger charge is 2.37. The van der Waals surface area contributed by atoms with E-state index in [1.807, 2.05) is 43.3 Å². The molecule has 3 aromatic rings. The van der Waals surface area contributed by atoms with Gasteiger partial charge in [0.2, 0.25) is 5.76 Å². The zero-order valence-electron chi connectivity index (χ0n) is 15.2. The van der Waals surface area contributed by atoms with Crippen LogP contribution in [0.1, 0.15) is 53.8 Å². The Kier molecular flexibility index (Phi) is 3.88. The maximum absolute atomic E-state index is 12.8. The first-order valence-corrected chi connectivity index (χ1v) is 8.86. The predicted octanol–water partition coefficient (Wildman–Crippen LogP) is 4.97. The number of carbonyl (C=O) groups excluding carboxylic acids is 1. The number of aliphatic hydroxyl groups is 1. The molecule has 4 heteroatoms. The van der Waals surface area contributed by atoms with Crippen LogP contribution in [-0.4, -0.2) is 11.1 Å². The van der Waals surface area contributed by atoms with E-state index in [0.29, 0.717) is 29.9 Å². The number of ether oxygens (including phenoxy) is 1. The van der Waals surface area contributed by atoms with Crippen molar-refractivity contribution >= 4 is 16.7 Å². The maximum Gasteiger partial charge on any atom is 0.379 e. The van der Waals surface area contributed by atoms with Crippen molar-refractivity contribution in [1.29, 1.82) is 0 Å². The smallest absolute Gasteiger partial charge is 0.379 e. The van der Waals surface area contributed by atoms with Crippen LogP contribution >= 0.6 is 0 Å². The summed E-state index contributed by atoms with van der Waals surface area (Å²) in [6.45, 7) is 5.99. The summed E-state index contributed by atoms with van der Waals surface area (Å²) >= 11 is 0. The summed E-state index contributed by atoms with van der Waals surface area (Å²) in [5, 5.41) is 12.4. The number of furan rings is 1. The molecule has 2 aromatic carbocycles. The molecule has 1 aliphatic carbocycles. The van der Waals surface area contributed by atoms with Crippen molar-refractivity contribution in [1.82, 2.24) is 0 Å². The van der Waals surface area contributed by atoms with Gasteiger partial charge in [-0.15, -0.1) is 0 Å². The van der Waals surface area contributed by atoms with Gasteiger partial charge in [0.1, 0.15) is 11.5 Å². The fourth-order valence-corrected chi connectivity index (χ4v) is 3.91. The lowest BCUT2D eigenvalue weighted by molar-refractivity contribution is 0.0692. The van der Waals surface area contributed by atoms with Crippen LogP contribution in [0.4, 0.5) is 0 Å². The normalized spacial score (nSPS) is 18.5. The van der Waals surface area contributed by atoms with E-state index >= 15 is 0 Å². The number of fused-ring (bicyclic) bond motifs is 2. The van der Waals surface area contributed by atoms with E-state index in [1.165, 1.54) is 0 Å². The van der Waals surface area contributed by atoms with Gasteiger partial charge in [0.05, 0.1) is 6.10 Å². The third-order valence-electron chi connectivity index (χ3n) is 5.13. The molecule has 1 N–H and O–H groups in total. The van der Waals surface area contributed by atoms with Gasteiger partial charge in [-0.2, -0.15) is 0 Å². The SMILES string of the molecule is Cc1c(C(=O)Oc2cccc3ccccc23)oc2c1C(O)CC(C)(C)C2. The predicted molar refractivity (Wildman–Crippen MR) is 99.4 cm³/mol. The summed E-state index contributed by atoms with van der Waals surface area (Å²) in [4.78, 5) is 12.8. The molecule has 1 aliphatic rings. The molecule has 1 heterocycles. The van der Waals surface area contributed by atoms with Crippen LogP contribution < -0.4 is 4.74 Å². The Bertz CT molecular complexity index is 991. The van der Waals surface area contributed by atoms with Crippen LogP contribution in [-0.2, 0) is 6.42 Å². The first kappa shape index (κ1) is 16.9. The van der Waals surface area contributed by atoms with Crippen molar-refractivity contribution in [2.75, 3.05) is 0 Å². The molecule has 0 radical (unpaired) electrons. The number of aliphatic hydroxyl groups excluding tert-OH is 1. The molecule has 4 rings (SSSR count). The Morgan fingerprint density at radius 2 is 1.92 bits per heavy atom. The van der Waals surface area contributed by atoms with Gasteiger partial charge in [0.25, 0.3) is 0 Å². The monoisotopic (exact) mass is 350 g/mol. The van der Waals surface area contributed by atoms with Gasteiger partial charge in [0, 0.05) is 22.9 Å². The van der Waals surface area contributed by atoms with Crippen LogP contribution in [0.3, 0.4) is 0 Å². The topological polar surface area (TPSA) is 59.7 Å². The zero-order chi connectivity index (χ0) is 18.5. The van der Waals surface area contributed by atoms with Gasteiger partial charge in [0.15, 0.2) is 0 Å². The number of benzene rings is 2. The lowest BCUT2D eigenvalue weighted by atomic mass is 9.75. The van der Waals surface area contributed by atoms with Crippen molar-refractivity contribution in [3.63, 3.8) is 0 Å². The van der Waals surface area contributed by atoms with E-state index in [9.17, 15) is 9.90 Å². The van der Waals surface area contributed by atoms with Crippen molar-refractivity contribution in [3.8, 4) is 5.75 Å². The lowest BCUT2D eigenvalue weighted by Crippen LogP contribution is -2.24. The number of hydrogen-bond donors (Lipinski definition) is 1. The van der Waals surface area contributed by atoms with Gasteiger partial charge in [-0.1, -0.05) is 50.2 Å². The van der Waals surface area contributed by atoms with Crippen molar-refractivity contribution < 1.29 is 19.1 Å². The fourth-order valence-electron chi connectivity index (χ4n) is 3.91. The second-order valence-corrected chi connectivity index (χ2v) is 7.82. The summed E-state index contributed by atoms with van der Waals surface area (Å²) in [5.41, 5.74) is 1.36. The summed E-state index contributed by atoms with van der Waals surface area (Å²) in [5.74, 6) is 0.844. The quantitative estimate of drug-likeness (QED) is 0.524. The number of esters is 1. The number of rotatable bonds is 2. The summed E-state index contributed by atoms with van der Waals surface area (Å²) in [6.07, 6.45) is 0.733.